The molecule has 2 saturated heterocycles. The Kier molecular flexibility index (Phi) is 6.52. The monoisotopic (exact) mass is 470 g/mol. The van der Waals surface area contributed by atoms with Gasteiger partial charge in [0.15, 0.2) is 0 Å². The number of fused-ring (bicyclic) bond motifs is 1. The van der Waals surface area contributed by atoms with Gasteiger partial charge in [-0.1, -0.05) is 12.1 Å². The highest BCUT2D eigenvalue weighted by Crippen LogP contribution is 2.37. The van der Waals surface area contributed by atoms with Gasteiger partial charge < -0.3 is 14.2 Å². The van der Waals surface area contributed by atoms with Crippen LogP contribution in [-0.2, 0) is 29.5 Å². The molecular formula is C20H26N2O7S2. The lowest BCUT2D eigenvalue weighted by molar-refractivity contribution is 0.0729. The molecule has 0 amide bonds. The van der Waals surface area contributed by atoms with Gasteiger partial charge >= 0.3 is 0 Å². The summed E-state index contributed by atoms with van der Waals surface area (Å²) in [6.07, 6.45) is 0. The maximum atomic E-state index is 13.6. The van der Waals surface area contributed by atoms with Gasteiger partial charge in [-0.3, -0.25) is 0 Å². The van der Waals surface area contributed by atoms with E-state index in [1.54, 1.807) is 25.1 Å². The van der Waals surface area contributed by atoms with Crippen molar-refractivity contribution in [3.63, 3.8) is 0 Å². The molecule has 0 aliphatic carbocycles. The highest BCUT2D eigenvalue weighted by molar-refractivity contribution is 7.90. The standard InChI is InChI=1S/C20H26N2O7S2/c1-2-29-18-7-6-16-17(20(18)31(25,26)22-10-14-28-15-11-22)4-3-5-19(16)30(23,24)21-8-12-27-13-9-21/h3-7H,2,8-15H2,1H3. The third-order valence-electron chi connectivity index (χ3n) is 5.39. The average Bonchev–Trinajstić information content (AvgIpc) is 2.79. The van der Waals surface area contributed by atoms with Gasteiger partial charge in [-0.2, -0.15) is 8.61 Å². The molecule has 2 aromatic rings. The van der Waals surface area contributed by atoms with E-state index in [4.69, 9.17) is 14.2 Å². The van der Waals surface area contributed by atoms with Crippen molar-refractivity contribution in [1.29, 1.82) is 0 Å². The third kappa shape index (κ3) is 4.18. The molecule has 0 saturated carbocycles. The molecule has 31 heavy (non-hydrogen) atoms. The second kappa shape index (κ2) is 9.00. The first kappa shape index (κ1) is 22.4. The SMILES string of the molecule is CCOc1ccc2c(S(=O)(=O)N3CCOCC3)cccc2c1S(=O)(=O)N1CCOCC1. The molecule has 2 fully saturated rings. The lowest BCUT2D eigenvalue weighted by Crippen LogP contribution is -2.41. The Morgan fingerprint density at radius 2 is 1.39 bits per heavy atom. The lowest BCUT2D eigenvalue weighted by atomic mass is 10.1. The summed E-state index contributed by atoms with van der Waals surface area (Å²) in [6.45, 7) is 4.31. The summed E-state index contributed by atoms with van der Waals surface area (Å²) in [6, 6.07) is 7.87. The van der Waals surface area contributed by atoms with Gasteiger partial charge in [-0.15, -0.1) is 0 Å². The number of hydrogen-bond acceptors (Lipinski definition) is 7. The zero-order chi connectivity index (χ0) is 22.1. The van der Waals surface area contributed by atoms with Crippen molar-refractivity contribution < 1.29 is 31.0 Å². The zero-order valence-corrected chi connectivity index (χ0v) is 19.0. The van der Waals surface area contributed by atoms with Crippen molar-refractivity contribution in [3.8, 4) is 5.75 Å². The van der Waals surface area contributed by atoms with E-state index in [-0.39, 0.29) is 48.3 Å². The molecule has 2 aliphatic rings. The lowest BCUT2D eigenvalue weighted by Gasteiger charge is -2.28. The molecule has 2 aromatic carbocycles. The first-order chi connectivity index (χ1) is 14.9. The molecule has 11 heteroatoms. The Bertz CT molecular complexity index is 1150. The van der Waals surface area contributed by atoms with Gasteiger partial charge in [-0.25, -0.2) is 16.8 Å². The number of hydrogen-bond donors (Lipinski definition) is 0. The average molecular weight is 471 g/mol. The van der Waals surface area contributed by atoms with Crippen LogP contribution in [-0.4, -0.2) is 84.7 Å². The van der Waals surface area contributed by atoms with Crippen molar-refractivity contribution in [2.24, 2.45) is 0 Å². The van der Waals surface area contributed by atoms with E-state index in [2.05, 4.69) is 0 Å². The smallest absolute Gasteiger partial charge is 0.247 e. The molecule has 170 valence electrons. The second-order valence-corrected chi connectivity index (χ2v) is 11.0. The highest BCUT2D eigenvalue weighted by Gasteiger charge is 2.33. The van der Waals surface area contributed by atoms with E-state index in [9.17, 15) is 16.8 Å². The number of morpholine rings is 2. The summed E-state index contributed by atoms with van der Waals surface area (Å²) in [4.78, 5) is 0.0705. The van der Waals surface area contributed by atoms with Gasteiger partial charge in [0.2, 0.25) is 20.0 Å². The molecular weight excluding hydrogens is 444 g/mol. The van der Waals surface area contributed by atoms with Crippen molar-refractivity contribution in [1.82, 2.24) is 8.61 Å². The topological polar surface area (TPSA) is 102 Å². The molecule has 2 heterocycles. The van der Waals surface area contributed by atoms with Crippen LogP contribution in [0.5, 0.6) is 5.75 Å². The quantitative estimate of drug-likeness (QED) is 0.627. The molecule has 0 radical (unpaired) electrons. The maximum Gasteiger partial charge on any atom is 0.247 e. The van der Waals surface area contributed by atoms with E-state index in [1.807, 2.05) is 0 Å². The van der Waals surface area contributed by atoms with Gasteiger partial charge in [0.1, 0.15) is 10.6 Å². The van der Waals surface area contributed by atoms with Crippen LogP contribution in [0.25, 0.3) is 10.8 Å². The van der Waals surface area contributed by atoms with E-state index >= 15 is 0 Å². The summed E-state index contributed by atoms with van der Waals surface area (Å²) in [7, 11) is -7.75. The Balaban J connectivity index is 1.91. The van der Waals surface area contributed by atoms with E-state index < -0.39 is 20.0 Å². The van der Waals surface area contributed by atoms with Crippen LogP contribution in [0.1, 0.15) is 6.92 Å². The second-order valence-electron chi connectivity index (χ2n) is 7.21. The fourth-order valence-electron chi connectivity index (χ4n) is 3.88. The summed E-state index contributed by atoms with van der Waals surface area (Å²) in [5.41, 5.74) is 0. The number of ether oxygens (including phenoxy) is 3. The van der Waals surface area contributed by atoms with Crippen LogP contribution < -0.4 is 4.74 Å². The molecule has 9 nitrogen and oxygen atoms in total. The van der Waals surface area contributed by atoms with E-state index in [1.165, 1.54) is 20.7 Å². The molecule has 0 atom stereocenters. The minimum atomic E-state index is -3.93. The van der Waals surface area contributed by atoms with Crippen molar-refractivity contribution >= 4 is 30.8 Å². The number of sulfonamides is 2. The Labute approximate surface area is 182 Å². The van der Waals surface area contributed by atoms with Crippen molar-refractivity contribution in [2.75, 3.05) is 59.2 Å². The predicted octanol–water partition coefficient (Wildman–Crippen LogP) is 1.28. The van der Waals surface area contributed by atoms with Crippen LogP contribution in [0.3, 0.4) is 0 Å². The van der Waals surface area contributed by atoms with E-state index in [0.717, 1.165) is 0 Å². The normalized spacial score (nSPS) is 19.5. The molecule has 0 spiro atoms. The maximum absolute atomic E-state index is 13.6. The van der Waals surface area contributed by atoms with Crippen LogP contribution in [0.15, 0.2) is 40.1 Å². The Morgan fingerprint density at radius 3 is 1.97 bits per heavy atom. The summed E-state index contributed by atoms with van der Waals surface area (Å²) in [5.74, 6) is 0.211. The minimum Gasteiger partial charge on any atom is -0.492 e. The van der Waals surface area contributed by atoms with Gasteiger partial charge in [0, 0.05) is 37.0 Å². The first-order valence-electron chi connectivity index (χ1n) is 10.2. The third-order valence-corrected chi connectivity index (χ3v) is 9.33. The summed E-state index contributed by atoms with van der Waals surface area (Å²) in [5, 5.41) is 0.677. The minimum absolute atomic E-state index is 0.00669. The molecule has 2 aliphatic heterocycles. The predicted molar refractivity (Wildman–Crippen MR) is 114 cm³/mol. The van der Waals surface area contributed by atoms with Crippen LogP contribution in [0, 0.1) is 0 Å². The van der Waals surface area contributed by atoms with Gasteiger partial charge in [0.25, 0.3) is 0 Å². The van der Waals surface area contributed by atoms with Crippen molar-refractivity contribution in [3.05, 3.63) is 30.3 Å². The highest BCUT2D eigenvalue weighted by atomic mass is 32.2. The first-order valence-corrected chi connectivity index (χ1v) is 13.1. The molecule has 4 rings (SSSR count). The Hall–Kier alpha value is -1.76. The van der Waals surface area contributed by atoms with Gasteiger partial charge in [0.05, 0.1) is 37.9 Å². The van der Waals surface area contributed by atoms with Crippen molar-refractivity contribution in [2.45, 2.75) is 16.7 Å². The van der Waals surface area contributed by atoms with Crippen LogP contribution in [0.4, 0.5) is 0 Å². The molecule has 0 N–H and O–H groups in total. The fourth-order valence-corrected chi connectivity index (χ4v) is 7.22. The summed E-state index contributed by atoms with van der Waals surface area (Å²) < 4.78 is 72.8. The molecule has 0 aromatic heterocycles. The number of rotatable bonds is 6. The van der Waals surface area contributed by atoms with Crippen LogP contribution in [0.2, 0.25) is 0 Å². The van der Waals surface area contributed by atoms with E-state index in [0.29, 0.717) is 37.2 Å². The Morgan fingerprint density at radius 1 is 0.806 bits per heavy atom. The number of nitrogens with zero attached hydrogens (tertiary/aromatic N) is 2. The van der Waals surface area contributed by atoms with Crippen LogP contribution >= 0.6 is 0 Å². The molecule has 0 bridgehead atoms. The molecule has 0 unspecified atom stereocenters. The number of benzene rings is 2. The zero-order valence-electron chi connectivity index (χ0n) is 17.3. The largest absolute Gasteiger partial charge is 0.492 e. The van der Waals surface area contributed by atoms with Gasteiger partial charge in [-0.05, 0) is 25.1 Å². The fraction of sp³-hybridized carbons (Fsp3) is 0.500. The summed E-state index contributed by atoms with van der Waals surface area (Å²) >= 11 is 0.